The van der Waals surface area contributed by atoms with Crippen molar-refractivity contribution in [3.8, 4) is 0 Å². The maximum Gasteiger partial charge on any atom is -0.0149 e. The minimum atomic E-state index is 0.719. The highest BCUT2D eigenvalue weighted by molar-refractivity contribution is 5.86. The Bertz CT molecular complexity index is 739. The van der Waals surface area contributed by atoms with Crippen molar-refractivity contribution >= 4 is 10.8 Å². The lowest BCUT2D eigenvalue weighted by Crippen LogP contribution is -1.99. The van der Waals surface area contributed by atoms with Crippen molar-refractivity contribution in [2.75, 3.05) is 0 Å². The van der Waals surface area contributed by atoms with Gasteiger partial charge in [-0.2, -0.15) is 0 Å². The van der Waals surface area contributed by atoms with E-state index >= 15 is 0 Å². The quantitative estimate of drug-likeness (QED) is 0.128. The Morgan fingerprint density at radius 1 is 0.444 bits per heavy atom. The highest BCUT2D eigenvalue weighted by Gasteiger charge is 2.12. The number of hydrogen-bond donors (Lipinski definition) is 0. The maximum absolute atomic E-state index is 2.37. The third-order valence-corrected chi connectivity index (χ3v) is 8.41. The van der Waals surface area contributed by atoms with Crippen LogP contribution in [0.25, 0.3) is 10.8 Å². The van der Waals surface area contributed by atoms with Crippen LogP contribution in [0, 0.1) is 0 Å². The Hall–Kier alpha value is -1.30. The molecule has 0 amide bonds. The monoisotopic (exact) mass is 492 g/mol. The first-order valence-corrected chi connectivity index (χ1v) is 16.3. The molecule has 0 spiro atoms. The van der Waals surface area contributed by atoms with Crippen molar-refractivity contribution in [1.82, 2.24) is 0 Å². The topological polar surface area (TPSA) is 0 Å². The molecular weight excluding hydrogens is 432 g/mol. The van der Waals surface area contributed by atoms with Crippen LogP contribution in [-0.4, -0.2) is 0 Å². The third kappa shape index (κ3) is 13.9. The van der Waals surface area contributed by atoms with Crippen LogP contribution in [0.5, 0.6) is 0 Å². The third-order valence-electron chi connectivity index (χ3n) is 8.41. The van der Waals surface area contributed by atoms with E-state index in [4.69, 9.17) is 0 Å². The molecule has 0 nitrogen and oxygen atoms in total. The van der Waals surface area contributed by atoms with Gasteiger partial charge in [0.15, 0.2) is 0 Å². The predicted molar refractivity (Wildman–Crippen MR) is 164 cm³/mol. The zero-order chi connectivity index (χ0) is 25.5. The second kappa shape index (κ2) is 21.8. The lowest BCUT2D eigenvalue weighted by molar-refractivity contribution is 0.509. The second-order valence-electron chi connectivity index (χ2n) is 11.5. The smallest absolute Gasteiger partial charge is 0.0149 e. The molecule has 0 aliphatic rings. The van der Waals surface area contributed by atoms with Gasteiger partial charge in [0.25, 0.3) is 0 Å². The zero-order valence-corrected chi connectivity index (χ0v) is 24.4. The maximum atomic E-state index is 2.37. The molecule has 0 heterocycles. The Kier molecular flexibility index (Phi) is 18.7. The highest BCUT2D eigenvalue weighted by atomic mass is 14.2. The van der Waals surface area contributed by atoms with Crippen molar-refractivity contribution in [2.45, 2.75) is 167 Å². The molecule has 0 fully saturated rings. The van der Waals surface area contributed by atoms with Gasteiger partial charge in [-0.25, -0.2) is 0 Å². The van der Waals surface area contributed by atoms with Crippen LogP contribution in [0.1, 0.15) is 173 Å². The molecule has 0 radical (unpaired) electrons. The first-order valence-electron chi connectivity index (χ1n) is 16.3. The lowest BCUT2D eigenvalue weighted by Gasteiger charge is -2.17. The molecule has 1 unspecified atom stereocenters. The van der Waals surface area contributed by atoms with Crippen LogP contribution in [0.4, 0.5) is 0 Å². The van der Waals surface area contributed by atoms with E-state index in [1.807, 2.05) is 0 Å². The van der Waals surface area contributed by atoms with Gasteiger partial charge in [0, 0.05) is 0 Å². The van der Waals surface area contributed by atoms with Gasteiger partial charge in [-0.15, -0.1) is 0 Å². The van der Waals surface area contributed by atoms with E-state index in [0.717, 1.165) is 5.92 Å². The summed E-state index contributed by atoms with van der Waals surface area (Å²) in [5, 5.41) is 2.86. The molecule has 0 aliphatic heterocycles. The van der Waals surface area contributed by atoms with Gasteiger partial charge in [-0.05, 0) is 35.1 Å². The molecule has 2 aromatic rings. The molecule has 0 saturated heterocycles. The van der Waals surface area contributed by atoms with Gasteiger partial charge in [0.1, 0.15) is 0 Å². The fourth-order valence-corrected chi connectivity index (χ4v) is 6.01. The van der Waals surface area contributed by atoms with Gasteiger partial charge >= 0.3 is 0 Å². The lowest BCUT2D eigenvalue weighted by atomic mass is 9.87. The molecule has 1 atom stereocenters. The van der Waals surface area contributed by atoms with Gasteiger partial charge in [0.2, 0.25) is 0 Å². The number of benzene rings is 2. The molecule has 0 aromatic heterocycles. The van der Waals surface area contributed by atoms with Gasteiger partial charge in [-0.1, -0.05) is 191 Å². The van der Waals surface area contributed by atoms with E-state index in [1.165, 1.54) is 158 Å². The van der Waals surface area contributed by atoms with E-state index in [1.54, 1.807) is 5.56 Å². The molecular formula is C36H60. The van der Waals surface area contributed by atoms with Crippen molar-refractivity contribution in [3.63, 3.8) is 0 Å². The van der Waals surface area contributed by atoms with Crippen molar-refractivity contribution < 1.29 is 0 Å². The average molecular weight is 493 g/mol. The van der Waals surface area contributed by atoms with Crippen LogP contribution in [0.15, 0.2) is 42.5 Å². The molecule has 0 N–H and O–H groups in total. The first kappa shape index (κ1) is 30.9. The van der Waals surface area contributed by atoms with Crippen LogP contribution >= 0.6 is 0 Å². The van der Waals surface area contributed by atoms with Gasteiger partial charge < -0.3 is 0 Å². The second-order valence-corrected chi connectivity index (χ2v) is 11.5. The average Bonchev–Trinajstić information content (AvgIpc) is 2.91. The summed E-state index contributed by atoms with van der Waals surface area (Å²) in [6.45, 7) is 4.67. The van der Waals surface area contributed by atoms with Crippen molar-refractivity contribution in [3.05, 3.63) is 48.0 Å². The van der Waals surface area contributed by atoms with E-state index in [9.17, 15) is 0 Å². The summed E-state index contributed by atoms with van der Waals surface area (Å²) >= 11 is 0. The molecule has 0 bridgehead atoms. The SMILES string of the molecule is CCCCCCCCCCCCCCCCCCCCCCCC(CC)c1cccc2ccccc12. The van der Waals surface area contributed by atoms with Crippen molar-refractivity contribution in [2.24, 2.45) is 0 Å². The minimum absolute atomic E-state index is 0.719. The molecule has 2 aromatic carbocycles. The number of unbranched alkanes of at least 4 members (excludes halogenated alkanes) is 20. The van der Waals surface area contributed by atoms with Crippen molar-refractivity contribution in [1.29, 1.82) is 0 Å². The summed E-state index contributed by atoms with van der Waals surface area (Å²) in [5.74, 6) is 0.719. The molecule has 0 heteroatoms. The first-order chi connectivity index (χ1) is 17.9. The summed E-state index contributed by atoms with van der Waals surface area (Å²) < 4.78 is 0. The van der Waals surface area contributed by atoms with Gasteiger partial charge in [-0.3, -0.25) is 0 Å². The Labute approximate surface area is 226 Å². The summed E-state index contributed by atoms with van der Waals surface area (Å²) in [5.41, 5.74) is 1.57. The normalized spacial score (nSPS) is 12.4. The molecule has 204 valence electrons. The largest absolute Gasteiger partial charge is 0.0654 e. The van der Waals surface area contributed by atoms with E-state index in [2.05, 4.69) is 56.3 Å². The zero-order valence-electron chi connectivity index (χ0n) is 24.4. The summed E-state index contributed by atoms with van der Waals surface area (Å²) in [6.07, 6.45) is 33.2. The fourth-order valence-electron chi connectivity index (χ4n) is 6.01. The molecule has 0 saturated carbocycles. The van der Waals surface area contributed by atoms with E-state index in [-0.39, 0.29) is 0 Å². The summed E-state index contributed by atoms with van der Waals surface area (Å²) in [7, 11) is 0. The summed E-state index contributed by atoms with van der Waals surface area (Å²) in [6, 6.07) is 15.8. The Morgan fingerprint density at radius 3 is 1.33 bits per heavy atom. The van der Waals surface area contributed by atoms with Crippen LogP contribution < -0.4 is 0 Å². The van der Waals surface area contributed by atoms with Gasteiger partial charge in [0.05, 0.1) is 0 Å². The van der Waals surface area contributed by atoms with Crippen LogP contribution in [-0.2, 0) is 0 Å². The molecule has 36 heavy (non-hydrogen) atoms. The Balaban J connectivity index is 1.34. The van der Waals surface area contributed by atoms with Crippen LogP contribution in [0.3, 0.4) is 0 Å². The standard InChI is InChI=1S/C36H60/c1-3-5-6-7-8-9-10-11-12-13-14-15-16-17-18-19-20-21-22-23-24-28-33(4-2)35-32-27-30-34-29-25-26-31-36(34)35/h25-27,29-33H,3-24,28H2,1-2H3. The fraction of sp³-hybridized carbons (Fsp3) is 0.722. The van der Waals surface area contributed by atoms with E-state index < -0.39 is 0 Å². The van der Waals surface area contributed by atoms with Crippen LogP contribution in [0.2, 0.25) is 0 Å². The number of fused-ring (bicyclic) bond motifs is 1. The molecule has 0 aliphatic carbocycles. The highest BCUT2D eigenvalue weighted by Crippen LogP contribution is 2.31. The van der Waals surface area contributed by atoms with E-state index in [0.29, 0.717) is 0 Å². The minimum Gasteiger partial charge on any atom is -0.0654 e. The number of rotatable bonds is 24. The number of hydrogen-bond acceptors (Lipinski definition) is 0. The predicted octanol–water partition coefficient (Wildman–Crippen LogP) is 12.9. The Morgan fingerprint density at radius 2 is 0.861 bits per heavy atom. The molecule has 2 rings (SSSR count). The summed E-state index contributed by atoms with van der Waals surface area (Å²) in [4.78, 5) is 0.